The largest absolute Gasteiger partial charge is 0.383 e. The van der Waals surface area contributed by atoms with E-state index in [1.54, 1.807) is 19.4 Å². The van der Waals surface area contributed by atoms with Crippen LogP contribution in [-0.2, 0) is 11.3 Å². The Hall–Kier alpha value is -2.58. The Kier molecular flexibility index (Phi) is 6.01. The van der Waals surface area contributed by atoms with Crippen LogP contribution in [0.1, 0.15) is 33.7 Å². The number of rotatable bonds is 8. The van der Waals surface area contributed by atoms with Gasteiger partial charge in [0.15, 0.2) is 10.9 Å². The molecule has 1 saturated heterocycles. The molecule has 0 spiro atoms. The van der Waals surface area contributed by atoms with E-state index in [4.69, 9.17) is 4.74 Å². The van der Waals surface area contributed by atoms with Crippen LogP contribution in [0.3, 0.4) is 0 Å². The first-order valence-electron chi connectivity index (χ1n) is 9.75. The fourth-order valence-electron chi connectivity index (χ4n) is 3.55. The summed E-state index contributed by atoms with van der Waals surface area (Å²) in [4.78, 5) is 34.6. The van der Waals surface area contributed by atoms with Crippen molar-refractivity contribution in [3.8, 4) is 0 Å². The minimum Gasteiger partial charge on any atom is -0.383 e. The van der Waals surface area contributed by atoms with Crippen molar-refractivity contribution in [1.29, 1.82) is 0 Å². The van der Waals surface area contributed by atoms with Crippen LogP contribution in [0.5, 0.6) is 0 Å². The number of methoxy groups -OCH3 is 1. The van der Waals surface area contributed by atoms with E-state index in [9.17, 15) is 9.59 Å². The Morgan fingerprint density at radius 2 is 2.03 bits per heavy atom. The third kappa shape index (κ3) is 4.23. The Labute approximate surface area is 173 Å². The van der Waals surface area contributed by atoms with Crippen molar-refractivity contribution < 1.29 is 14.3 Å². The molecule has 0 bridgehead atoms. The number of hydrogen-bond acceptors (Lipinski definition) is 5. The number of hydrogen-bond donors (Lipinski definition) is 1. The highest BCUT2D eigenvalue weighted by Crippen LogP contribution is 2.25. The summed E-state index contributed by atoms with van der Waals surface area (Å²) in [6.45, 7) is 2.82. The number of ether oxygens (including phenoxy) is 1. The van der Waals surface area contributed by atoms with Gasteiger partial charge in [0, 0.05) is 38.5 Å². The normalized spacial score (nSPS) is 14.0. The molecule has 3 heterocycles. The number of nitrogens with one attached hydrogen (secondary N) is 1. The fourth-order valence-corrected chi connectivity index (χ4v) is 4.48. The third-order valence-electron chi connectivity index (χ3n) is 5.10. The van der Waals surface area contributed by atoms with E-state index in [2.05, 4.69) is 14.5 Å². The summed E-state index contributed by atoms with van der Waals surface area (Å²) in [5.74, 6) is 0.193. The average Bonchev–Trinajstić information content (AvgIpc) is 3.49. The molecule has 0 atom stereocenters. The lowest BCUT2D eigenvalue weighted by atomic mass is 10.2. The van der Waals surface area contributed by atoms with Crippen molar-refractivity contribution >= 4 is 34.5 Å². The van der Waals surface area contributed by atoms with E-state index < -0.39 is 0 Å². The molecule has 0 saturated carbocycles. The SMILES string of the molecule is COCCn1c(SCC(=O)c2c[nH]c(C(=O)N3CCCC3)c2)nc2ccccc21. The monoisotopic (exact) mass is 412 g/mol. The summed E-state index contributed by atoms with van der Waals surface area (Å²) >= 11 is 1.41. The molecule has 1 aromatic carbocycles. The highest BCUT2D eigenvalue weighted by atomic mass is 32.2. The zero-order valence-corrected chi connectivity index (χ0v) is 17.2. The van der Waals surface area contributed by atoms with Gasteiger partial charge in [-0.25, -0.2) is 4.98 Å². The third-order valence-corrected chi connectivity index (χ3v) is 6.08. The number of likely N-dealkylation sites (tertiary alicyclic amines) is 1. The van der Waals surface area contributed by atoms with Crippen LogP contribution in [-0.4, -0.2) is 63.7 Å². The van der Waals surface area contributed by atoms with Crippen LogP contribution in [0.2, 0.25) is 0 Å². The second-order valence-corrected chi connectivity index (χ2v) is 7.98. The van der Waals surface area contributed by atoms with Crippen LogP contribution >= 0.6 is 11.8 Å². The van der Waals surface area contributed by atoms with Crippen molar-refractivity contribution in [2.24, 2.45) is 0 Å². The van der Waals surface area contributed by atoms with Crippen LogP contribution in [0.15, 0.2) is 41.7 Å². The molecule has 1 fully saturated rings. The molecule has 4 rings (SSSR count). The van der Waals surface area contributed by atoms with E-state index in [-0.39, 0.29) is 17.4 Å². The first-order chi connectivity index (χ1) is 14.2. The van der Waals surface area contributed by atoms with Gasteiger partial charge in [-0.15, -0.1) is 0 Å². The van der Waals surface area contributed by atoms with E-state index in [0.29, 0.717) is 24.4 Å². The maximum Gasteiger partial charge on any atom is 0.270 e. The Morgan fingerprint density at radius 3 is 2.83 bits per heavy atom. The second kappa shape index (κ2) is 8.84. The van der Waals surface area contributed by atoms with E-state index >= 15 is 0 Å². The lowest BCUT2D eigenvalue weighted by Crippen LogP contribution is -2.27. The molecule has 8 heteroatoms. The van der Waals surface area contributed by atoms with Crippen molar-refractivity contribution in [1.82, 2.24) is 19.4 Å². The molecular weight excluding hydrogens is 388 g/mol. The molecule has 1 amide bonds. The van der Waals surface area contributed by atoms with E-state index in [1.165, 1.54) is 11.8 Å². The topological polar surface area (TPSA) is 80.2 Å². The van der Waals surface area contributed by atoms with Gasteiger partial charge in [0.2, 0.25) is 0 Å². The number of nitrogens with zero attached hydrogens (tertiary/aromatic N) is 3. The molecule has 0 aliphatic carbocycles. The highest BCUT2D eigenvalue weighted by Gasteiger charge is 2.22. The Morgan fingerprint density at radius 1 is 1.24 bits per heavy atom. The van der Waals surface area contributed by atoms with Gasteiger partial charge >= 0.3 is 0 Å². The van der Waals surface area contributed by atoms with Crippen molar-refractivity contribution in [3.63, 3.8) is 0 Å². The smallest absolute Gasteiger partial charge is 0.270 e. The molecule has 152 valence electrons. The minimum absolute atomic E-state index is 0.0305. The number of amides is 1. The van der Waals surface area contributed by atoms with Crippen LogP contribution in [0.4, 0.5) is 0 Å². The molecule has 3 aromatic rings. The maximum atomic E-state index is 12.7. The van der Waals surface area contributed by atoms with E-state index in [1.807, 2.05) is 29.2 Å². The van der Waals surface area contributed by atoms with Gasteiger partial charge in [0.05, 0.1) is 23.4 Å². The summed E-state index contributed by atoms with van der Waals surface area (Å²) < 4.78 is 7.30. The number of ketones is 1. The molecule has 0 radical (unpaired) electrons. The maximum absolute atomic E-state index is 12.7. The van der Waals surface area contributed by atoms with E-state index in [0.717, 1.165) is 42.1 Å². The summed E-state index contributed by atoms with van der Waals surface area (Å²) in [6.07, 6.45) is 3.71. The Balaban J connectivity index is 1.45. The lowest BCUT2D eigenvalue weighted by molar-refractivity contribution is 0.0787. The van der Waals surface area contributed by atoms with Crippen molar-refractivity contribution in [2.45, 2.75) is 24.5 Å². The standard InChI is InChI=1S/C21H24N4O3S/c1-28-11-10-25-18-7-3-2-6-16(18)23-21(25)29-14-19(26)15-12-17(22-13-15)20(27)24-8-4-5-9-24/h2-3,6-7,12-13,22H,4-5,8-11,14H2,1H3. The molecule has 7 nitrogen and oxygen atoms in total. The van der Waals surface area contributed by atoms with Crippen molar-refractivity contribution in [3.05, 3.63) is 47.8 Å². The minimum atomic E-state index is -0.0319. The number of carbonyl (C=O) groups excluding carboxylic acids is 2. The quantitative estimate of drug-likeness (QED) is 0.454. The zero-order valence-electron chi connectivity index (χ0n) is 16.4. The summed E-state index contributed by atoms with van der Waals surface area (Å²) in [7, 11) is 1.67. The zero-order chi connectivity index (χ0) is 20.2. The molecule has 2 aromatic heterocycles. The summed E-state index contributed by atoms with van der Waals surface area (Å²) in [5, 5.41) is 0.792. The number of carbonyl (C=O) groups is 2. The molecular formula is C21H24N4O3S. The first-order valence-corrected chi connectivity index (χ1v) is 10.7. The predicted molar refractivity (Wildman–Crippen MR) is 113 cm³/mol. The van der Waals surface area contributed by atoms with Crippen molar-refractivity contribution in [2.75, 3.05) is 32.6 Å². The number of fused-ring (bicyclic) bond motifs is 1. The molecule has 1 aliphatic heterocycles. The van der Waals surface area contributed by atoms with Gasteiger partial charge in [-0.1, -0.05) is 23.9 Å². The predicted octanol–water partition coefficient (Wildman–Crippen LogP) is 3.22. The number of H-pyrrole nitrogens is 1. The number of aromatic nitrogens is 3. The number of aromatic amines is 1. The van der Waals surface area contributed by atoms with Crippen LogP contribution in [0.25, 0.3) is 11.0 Å². The van der Waals surface area contributed by atoms with Crippen LogP contribution < -0.4 is 0 Å². The van der Waals surface area contributed by atoms with Crippen LogP contribution in [0, 0.1) is 0 Å². The molecule has 1 N–H and O–H groups in total. The van der Waals surface area contributed by atoms with Gasteiger partial charge in [-0.2, -0.15) is 0 Å². The Bertz CT molecular complexity index is 1020. The summed E-state index contributed by atoms with van der Waals surface area (Å²) in [5.41, 5.74) is 2.94. The molecule has 29 heavy (non-hydrogen) atoms. The van der Waals surface area contributed by atoms with Gasteiger partial charge < -0.3 is 19.2 Å². The van der Waals surface area contributed by atoms with Gasteiger partial charge in [-0.3, -0.25) is 9.59 Å². The lowest BCUT2D eigenvalue weighted by Gasteiger charge is -2.13. The van der Waals surface area contributed by atoms with Gasteiger partial charge in [-0.05, 0) is 31.0 Å². The molecule has 0 unspecified atom stereocenters. The van der Waals surface area contributed by atoms with Gasteiger partial charge in [0.1, 0.15) is 5.69 Å². The highest BCUT2D eigenvalue weighted by molar-refractivity contribution is 7.99. The number of para-hydroxylation sites is 2. The number of thioether (sulfide) groups is 1. The first kappa shape index (κ1) is 19.7. The fraction of sp³-hybridized carbons (Fsp3) is 0.381. The van der Waals surface area contributed by atoms with Gasteiger partial charge in [0.25, 0.3) is 5.91 Å². The second-order valence-electron chi connectivity index (χ2n) is 7.04. The average molecular weight is 413 g/mol. The number of imidazole rings is 1. The summed E-state index contributed by atoms with van der Waals surface area (Å²) in [6, 6.07) is 9.58. The number of Topliss-reactive ketones (excluding diaryl/α,β-unsaturated/α-hetero) is 1. The number of benzene rings is 1. The molecule has 1 aliphatic rings.